The molecule has 1 fully saturated rings. The number of ether oxygens (including phenoxy) is 1. The molecular weight excluding hydrogens is 242 g/mol. The highest BCUT2D eigenvalue weighted by Gasteiger charge is 2.21. The van der Waals surface area contributed by atoms with Gasteiger partial charge in [-0.3, -0.25) is 0 Å². The second-order valence-corrected chi connectivity index (χ2v) is 5.59. The summed E-state index contributed by atoms with van der Waals surface area (Å²) in [7, 11) is 0. The van der Waals surface area contributed by atoms with Gasteiger partial charge < -0.3 is 10.5 Å². The summed E-state index contributed by atoms with van der Waals surface area (Å²) in [5, 5.41) is 3.61. The van der Waals surface area contributed by atoms with Crippen molar-refractivity contribution in [2.75, 3.05) is 12.3 Å². The van der Waals surface area contributed by atoms with Gasteiger partial charge in [-0.05, 0) is 12.8 Å². The predicted octanol–water partition coefficient (Wildman–Crippen LogP) is 2.70. The molecule has 84 valence electrons. The number of nitrogen functional groups attached to an aromatic ring is 1. The summed E-state index contributed by atoms with van der Waals surface area (Å²) in [6, 6.07) is 0. The van der Waals surface area contributed by atoms with Gasteiger partial charge in [0.15, 0.2) is 5.13 Å². The molecule has 0 bridgehead atoms. The molecule has 1 aliphatic heterocycles. The molecule has 0 aromatic carbocycles. The van der Waals surface area contributed by atoms with E-state index < -0.39 is 0 Å². The number of hydrogen-bond donors (Lipinski definition) is 1. The minimum absolute atomic E-state index is 0.190. The summed E-state index contributed by atoms with van der Waals surface area (Å²) < 4.78 is 5.60. The molecule has 3 rings (SSSR count). The Kier molecular flexibility index (Phi) is 2.62. The minimum Gasteiger partial charge on any atom is -0.375 e. The van der Waals surface area contributed by atoms with Crippen molar-refractivity contribution in [3.05, 3.63) is 16.6 Å². The van der Waals surface area contributed by atoms with Crippen LogP contribution in [0.15, 0.2) is 11.6 Å². The maximum Gasteiger partial charge on any atom is 0.180 e. The Labute approximate surface area is 101 Å². The Bertz CT molecular complexity index is 488. The Morgan fingerprint density at radius 2 is 2.44 bits per heavy atom. The van der Waals surface area contributed by atoms with E-state index in [1.54, 1.807) is 11.3 Å². The van der Waals surface area contributed by atoms with Gasteiger partial charge in [-0.25, -0.2) is 9.97 Å². The molecular formula is C10H11N3OS2. The van der Waals surface area contributed by atoms with E-state index in [1.807, 2.05) is 11.6 Å². The monoisotopic (exact) mass is 253 g/mol. The first kappa shape index (κ1) is 10.2. The molecule has 2 aromatic heterocycles. The van der Waals surface area contributed by atoms with Crippen molar-refractivity contribution in [2.24, 2.45) is 0 Å². The van der Waals surface area contributed by atoms with Crippen LogP contribution in [0.3, 0.4) is 0 Å². The summed E-state index contributed by atoms with van der Waals surface area (Å²) in [6.45, 7) is 0.850. The normalized spacial score (nSPS) is 20.4. The quantitative estimate of drug-likeness (QED) is 0.894. The molecule has 2 aromatic rings. The molecule has 0 amide bonds. The van der Waals surface area contributed by atoms with E-state index in [1.165, 1.54) is 11.3 Å². The fourth-order valence-corrected chi connectivity index (χ4v) is 3.33. The molecule has 3 heterocycles. The number of thiazole rings is 2. The average molecular weight is 253 g/mol. The molecule has 0 radical (unpaired) electrons. The van der Waals surface area contributed by atoms with E-state index in [-0.39, 0.29) is 6.10 Å². The summed E-state index contributed by atoms with van der Waals surface area (Å²) >= 11 is 3.10. The van der Waals surface area contributed by atoms with Crippen LogP contribution < -0.4 is 5.73 Å². The van der Waals surface area contributed by atoms with Crippen molar-refractivity contribution in [3.63, 3.8) is 0 Å². The lowest BCUT2D eigenvalue weighted by atomic mass is 10.2. The molecule has 2 N–H and O–H groups in total. The molecule has 4 nitrogen and oxygen atoms in total. The first-order chi connectivity index (χ1) is 7.83. The molecule has 1 saturated heterocycles. The first-order valence-electron chi connectivity index (χ1n) is 5.11. The summed E-state index contributed by atoms with van der Waals surface area (Å²) in [5.41, 5.74) is 6.53. The van der Waals surface area contributed by atoms with Crippen LogP contribution in [0.1, 0.15) is 24.0 Å². The lowest BCUT2D eigenvalue weighted by molar-refractivity contribution is 0.111. The summed E-state index contributed by atoms with van der Waals surface area (Å²) in [4.78, 5) is 9.72. The number of hydrogen-bond acceptors (Lipinski definition) is 6. The topological polar surface area (TPSA) is 61.0 Å². The highest BCUT2D eigenvalue weighted by atomic mass is 32.1. The van der Waals surface area contributed by atoms with Crippen molar-refractivity contribution in [3.8, 4) is 10.6 Å². The van der Waals surface area contributed by atoms with Crippen molar-refractivity contribution in [1.29, 1.82) is 0 Å². The number of rotatable bonds is 2. The second-order valence-electron chi connectivity index (χ2n) is 3.64. The van der Waals surface area contributed by atoms with Crippen molar-refractivity contribution in [1.82, 2.24) is 9.97 Å². The van der Waals surface area contributed by atoms with E-state index in [2.05, 4.69) is 9.97 Å². The van der Waals surface area contributed by atoms with Crippen molar-refractivity contribution in [2.45, 2.75) is 18.9 Å². The van der Waals surface area contributed by atoms with E-state index in [0.717, 1.165) is 35.0 Å². The maximum atomic E-state index is 5.61. The van der Waals surface area contributed by atoms with E-state index in [9.17, 15) is 0 Å². The van der Waals surface area contributed by atoms with Gasteiger partial charge in [0.2, 0.25) is 0 Å². The third-order valence-electron chi connectivity index (χ3n) is 2.50. The zero-order chi connectivity index (χ0) is 11.0. The van der Waals surface area contributed by atoms with Gasteiger partial charge in [0.1, 0.15) is 11.1 Å². The van der Waals surface area contributed by atoms with Crippen LogP contribution in [0.25, 0.3) is 10.6 Å². The summed E-state index contributed by atoms with van der Waals surface area (Å²) in [5.74, 6) is 0. The van der Waals surface area contributed by atoms with Crippen LogP contribution in [0.2, 0.25) is 0 Å². The largest absolute Gasteiger partial charge is 0.375 e. The van der Waals surface area contributed by atoms with Gasteiger partial charge in [0, 0.05) is 18.2 Å². The lowest BCUT2D eigenvalue weighted by Crippen LogP contribution is -1.93. The smallest absolute Gasteiger partial charge is 0.180 e. The van der Waals surface area contributed by atoms with E-state index in [4.69, 9.17) is 10.5 Å². The molecule has 1 atom stereocenters. The number of nitrogens with zero attached hydrogens (tertiary/aromatic N) is 2. The molecule has 0 aliphatic carbocycles. The van der Waals surface area contributed by atoms with Crippen molar-refractivity contribution >= 4 is 27.8 Å². The van der Waals surface area contributed by atoms with Crippen molar-refractivity contribution < 1.29 is 4.74 Å². The SMILES string of the molecule is Nc1nc(-c2cnc(C3CCCO3)s2)cs1. The van der Waals surface area contributed by atoms with Gasteiger partial charge in [0.05, 0.1) is 10.6 Å². The van der Waals surface area contributed by atoms with Gasteiger partial charge in [-0.2, -0.15) is 0 Å². The Balaban J connectivity index is 1.87. The standard InChI is InChI=1S/C10H11N3OS2/c11-10-13-6(5-15-10)8-4-12-9(16-8)7-2-1-3-14-7/h4-5,7H,1-3H2,(H2,11,13). The van der Waals surface area contributed by atoms with Crippen LogP contribution in [0.5, 0.6) is 0 Å². The molecule has 6 heteroatoms. The molecule has 0 spiro atoms. The molecule has 16 heavy (non-hydrogen) atoms. The summed E-state index contributed by atoms with van der Waals surface area (Å²) in [6.07, 6.45) is 4.25. The fourth-order valence-electron chi connectivity index (χ4n) is 1.73. The van der Waals surface area contributed by atoms with Crippen LogP contribution >= 0.6 is 22.7 Å². The molecule has 1 aliphatic rings. The number of anilines is 1. The third kappa shape index (κ3) is 1.83. The zero-order valence-corrected chi connectivity index (χ0v) is 10.2. The first-order valence-corrected chi connectivity index (χ1v) is 6.81. The third-order valence-corrected chi connectivity index (χ3v) is 4.29. The van der Waals surface area contributed by atoms with Crippen LogP contribution in [0.4, 0.5) is 5.13 Å². The maximum absolute atomic E-state index is 5.61. The minimum atomic E-state index is 0.190. The van der Waals surface area contributed by atoms with Gasteiger partial charge in [-0.15, -0.1) is 22.7 Å². The lowest BCUT2D eigenvalue weighted by Gasteiger charge is -2.02. The van der Waals surface area contributed by atoms with Crippen LogP contribution in [-0.2, 0) is 4.74 Å². The van der Waals surface area contributed by atoms with Gasteiger partial charge >= 0.3 is 0 Å². The molecule has 1 unspecified atom stereocenters. The Morgan fingerprint density at radius 3 is 3.12 bits per heavy atom. The fraction of sp³-hybridized carbons (Fsp3) is 0.400. The second kappa shape index (κ2) is 4.12. The van der Waals surface area contributed by atoms with Crippen LogP contribution in [-0.4, -0.2) is 16.6 Å². The zero-order valence-electron chi connectivity index (χ0n) is 8.55. The van der Waals surface area contributed by atoms with Crippen LogP contribution in [0, 0.1) is 0 Å². The highest BCUT2D eigenvalue weighted by Crippen LogP contribution is 2.35. The predicted molar refractivity (Wildman–Crippen MR) is 65.6 cm³/mol. The molecule has 0 saturated carbocycles. The van der Waals surface area contributed by atoms with E-state index >= 15 is 0 Å². The van der Waals surface area contributed by atoms with Gasteiger partial charge in [-0.1, -0.05) is 0 Å². The Hall–Kier alpha value is -0.980. The average Bonchev–Trinajstić information content (AvgIpc) is 2.97. The Morgan fingerprint density at radius 1 is 1.50 bits per heavy atom. The number of nitrogens with two attached hydrogens (primary N) is 1. The highest BCUT2D eigenvalue weighted by molar-refractivity contribution is 7.16. The number of aromatic nitrogens is 2. The van der Waals surface area contributed by atoms with Gasteiger partial charge in [0.25, 0.3) is 0 Å². The van der Waals surface area contributed by atoms with E-state index in [0.29, 0.717) is 5.13 Å².